The molecule has 3 aliphatic rings. The van der Waals surface area contributed by atoms with Gasteiger partial charge >= 0.3 is 0 Å². The molecule has 2 aromatic carbocycles. The Bertz CT molecular complexity index is 1340. The molecule has 35 heavy (non-hydrogen) atoms. The highest BCUT2D eigenvalue weighted by atomic mass is 16.8. The predicted octanol–water partition coefficient (Wildman–Crippen LogP) is 5.69. The Morgan fingerprint density at radius 1 is 1.03 bits per heavy atom. The van der Waals surface area contributed by atoms with Gasteiger partial charge in [0.2, 0.25) is 11.8 Å². The van der Waals surface area contributed by atoms with Crippen LogP contribution in [-0.4, -0.2) is 22.0 Å². The summed E-state index contributed by atoms with van der Waals surface area (Å²) in [6.07, 6.45) is 2.95. The Hall–Kier alpha value is -3.16. The van der Waals surface area contributed by atoms with E-state index in [9.17, 15) is 20.0 Å². The molecule has 2 heterocycles. The maximum atomic E-state index is 14.1. The molecule has 182 valence electrons. The maximum Gasteiger partial charge on any atom is 0.243 e. The molecule has 1 saturated heterocycles. The van der Waals surface area contributed by atoms with Crippen molar-refractivity contribution in [3.8, 4) is 0 Å². The third kappa shape index (κ3) is 3.18. The minimum Gasteiger partial charge on any atom is -0.733 e. The molecule has 2 amide bonds. The molecule has 2 fully saturated rings. The summed E-state index contributed by atoms with van der Waals surface area (Å²) < 4.78 is 0. The number of fused-ring (bicyclic) bond motifs is 8. The highest BCUT2D eigenvalue weighted by Gasteiger charge is 2.59. The van der Waals surface area contributed by atoms with Gasteiger partial charge in [-0.3, -0.25) is 14.8 Å². The SMILES string of the molecule is CC(C)(C)C1CCC2c3c([nH]c4ccccc34)C3C(=O)N(c4ccccc4N([O-])O)C(=O)C3C2C1. The maximum absolute atomic E-state index is 14.1. The van der Waals surface area contributed by atoms with Crippen molar-refractivity contribution in [3.63, 3.8) is 0 Å². The van der Waals surface area contributed by atoms with Crippen LogP contribution >= 0.6 is 0 Å². The Labute approximate surface area is 204 Å². The number of hydrogen-bond donors (Lipinski definition) is 2. The molecule has 7 nitrogen and oxygen atoms in total. The van der Waals surface area contributed by atoms with E-state index in [0.29, 0.717) is 5.92 Å². The van der Waals surface area contributed by atoms with E-state index in [2.05, 4.69) is 31.8 Å². The summed E-state index contributed by atoms with van der Waals surface area (Å²) in [5, 5.41) is 22.4. The van der Waals surface area contributed by atoms with Gasteiger partial charge in [0, 0.05) is 16.6 Å². The second-order valence-electron chi connectivity index (χ2n) is 11.4. The Morgan fingerprint density at radius 2 is 1.74 bits per heavy atom. The third-order valence-corrected chi connectivity index (χ3v) is 8.72. The van der Waals surface area contributed by atoms with Crippen molar-refractivity contribution in [2.75, 3.05) is 10.1 Å². The fraction of sp³-hybridized carbons (Fsp3) is 0.429. The van der Waals surface area contributed by atoms with E-state index in [-0.39, 0.29) is 45.7 Å². The zero-order valence-corrected chi connectivity index (χ0v) is 20.2. The van der Waals surface area contributed by atoms with Gasteiger partial charge in [0.05, 0.1) is 23.2 Å². The number of para-hydroxylation sites is 3. The van der Waals surface area contributed by atoms with Crippen molar-refractivity contribution in [1.29, 1.82) is 0 Å². The fourth-order valence-corrected chi connectivity index (χ4v) is 7.06. The first-order valence-corrected chi connectivity index (χ1v) is 12.4. The van der Waals surface area contributed by atoms with Gasteiger partial charge in [-0.05, 0) is 66.2 Å². The van der Waals surface area contributed by atoms with Crippen LogP contribution < -0.4 is 10.1 Å². The largest absolute Gasteiger partial charge is 0.733 e. The molecule has 0 radical (unpaired) electrons. The number of hydrogen-bond acceptors (Lipinski definition) is 5. The van der Waals surface area contributed by atoms with Crippen LogP contribution in [-0.2, 0) is 9.59 Å². The number of rotatable bonds is 2. The number of benzene rings is 2. The van der Waals surface area contributed by atoms with Crippen LogP contribution in [0.2, 0.25) is 0 Å². The molecule has 1 saturated carbocycles. The van der Waals surface area contributed by atoms with Gasteiger partial charge in [0.25, 0.3) is 0 Å². The normalized spacial score (nSPS) is 28.1. The molecule has 1 aliphatic heterocycles. The average Bonchev–Trinajstić information content (AvgIpc) is 3.33. The van der Waals surface area contributed by atoms with E-state index in [1.54, 1.807) is 18.2 Å². The molecule has 2 N–H and O–H groups in total. The molecule has 0 bridgehead atoms. The number of nitrogens with zero attached hydrogens (tertiary/aromatic N) is 2. The lowest BCUT2D eigenvalue weighted by Gasteiger charge is -2.47. The van der Waals surface area contributed by atoms with Gasteiger partial charge in [-0.25, -0.2) is 4.90 Å². The second-order valence-corrected chi connectivity index (χ2v) is 11.4. The molecular formula is C28H30N3O4-. The van der Waals surface area contributed by atoms with Crippen LogP contribution in [0.4, 0.5) is 11.4 Å². The number of carbonyl (C=O) groups excluding carboxylic acids is 2. The van der Waals surface area contributed by atoms with E-state index >= 15 is 0 Å². The summed E-state index contributed by atoms with van der Waals surface area (Å²) in [4.78, 5) is 32.7. The lowest BCUT2D eigenvalue weighted by molar-refractivity contribution is -0.123. The predicted molar refractivity (Wildman–Crippen MR) is 134 cm³/mol. The van der Waals surface area contributed by atoms with Crippen LogP contribution in [0.5, 0.6) is 0 Å². The second kappa shape index (κ2) is 7.67. The monoisotopic (exact) mass is 472 g/mol. The van der Waals surface area contributed by atoms with E-state index in [0.717, 1.165) is 40.8 Å². The molecule has 5 unspecified atom stereocenters. The highest BCUT2D eigenvalue weighted by Crippen LogP contribution is 2.60. The van der Waals surface area contributed by atoms with Crippen molar-refractivity contribution >= 4 is 34.1 Å². The lowest BCUT2D eigenvalue weighted by Crippen LogP contribution is -2.41. The van der Waals surface area contributed by atoms with Crippen LogP contribution in [0.25, 0.3) is 10.9 Å². The van der Waals surface area contributed by atoms with Gasteiger partial charge in [-0.15, -0.1) is 0 Å². The van der Waals surface area contributed by atoms with Crippen molar-refractivity contribution < 1.29 is 14.8 Å². The number of aromatic amines is 1. The van der Waals surface area contributed by atoms with Crippen LogP contribution in [0.1, 0.15) is 63.1 Å². The number of imide groups is 1. The van der Waals surface area contributed by atoms with Crippen molar-refractivity contribution in [2.24, 2.45) is 23.2 Å². The van der Waals surface area contributed by atoms with Gasteiger partial charge < -0.3 is 15.4 Å². The number of anilines is 2. The Kier molecular flexibility index (Phi) is 4.89. The number of H-pyrrole nitrogens is 1. The van der Waals surface area contributed by atoms with Crippen molar-refractivity contribution in [2.45, 2.75) is 51.9 Å². The third-order valence-electron chi connectivity index (χ3n) is 8.72. The molecule has 3 aromatic rings. The quantitative estimate of drug-likeness (QED) is 0.368. The number of carbonyl (C=O) groups is 2. The summed E-state index contributed by atoms with van der Waals surface area (Å²) >= 11 is 0. The van der Waals surface area contributed by atoms with Gasteiger partial charge in [0.15, 0.2) is 0 Å². The summed E-state index contributed by atoms with van der Waals surface area (Å²) in [6.45, 7) is 6.76. The zero-order chi connectivity index (χ0) is 24.6. The van der Waals surface area contributed by atoms with Crippen LogP contribution in [0, 0.1) is 28.4 Å². The van der Waals surface area contributed by atoms with E-state index in [4.69, 9.17) is 0 Å². The molecule has 7 heteroatoms. The zero-order valence-electron chi connectivity index (χ0n) is 20.2. The van der Waals surface area contributed by atoms with E-state index < -0.39 is 11.8 Å². The summed E-state index contributed by atoms with van der Waals surface area (Å²) in [6, 6.07) is 14.3. The van der Waals surface area contributed by atoms with Crippen LogP contribution in [0.3, 0.4) is 0 Å². The first kappa shape index (κ1) is 22.3. The summed E-state index contributed by atoms with van der Waals surface area (Å²) in [5.41, 5.74) is 3.13. The van der Waals surface area contributed by atoms with E-state index in [1.807, 2.05) is 18.2 Å². The van der Waals surface area contributed by atoms with E-state index in [1.165, 1.54) is 11.6 Å². The topological polar surface area (TPSA) is 99.7 Å². The van der Waals surface area contributed by atoms with Gasteiger partial charge in [-0.1, -0.05) is 51.1 Å². The standard InChI is InChI=1S/C28H30N3O4/c1-28(2,3)15-12-13-16-18(14-15)23-24(25-22(16)17-8-4-5-9-19(17)29-25)27(33)30(26(23)32)20-10-6-7-11-21(20)31(34)35/h4-11,15-16,18,23-24,29,34H,12-14H2,1-3H3/q-1. The minimum absolute atomic E-state index is 0.0378. The summed E-state index contributed by atoms with van der Waals surface area (Å²) in [5.74, 6) is -1.05. The molecule has 5 atom stereocenters. The van der Waals surface area contributed by atoms with Crippen molar-refractivity contribution in [1.82, 2.24) is 4.98 Å². The number of aromatic nitrogens is 1. The smallest absolute Gasteiger partial charge is 0.243 e. The average molecular weight is 473 g/mol. The molecule has 2 aliphatic carbocycles. The minimum atomic E-state index is -0.628. The van der Waals surface area contributed by atoms with Crippen LogP contribution in [0.15, 0.2) is 48.5 Å². The summed E-state index contributed by atoms with van der Waals surface area (Å²) in [7, 11) is 0. The fourth-order valence-electron chi connectivity index (χ4n) is 7.06. The molecule has 6 rings (SSSR count). The van der Waals surface area contributed by atoms with Gasteiger partial charge in [-0.2, -0.15) is 0 Å². The Balaban J connectivity index is 1.54. The van der Waals surface area contributed by atoms with Crippen molar-refractivity contribution in [3.05, 3.63) is 65.0 Å². The first-order valence-electron chi connectivity index (χ1n) is 12.4. The lowest BCUT2D eigenvalue weighted by atomic mass is 9.56. The van der Waals surface area contributed by atoms with Gasteiger partial charge in [0.1, 0.15) is 0 Å². The number of nitrogens with one attached hydrogen (secondary N) is 1. The molecule has 0 spiro atoms. The first-order chi connectivity index (χ1) is 16.7. The Morgan fingerprint density at radius 3 is 2.49 bits per heavy atom. The highest BCUT2D eigenvalue weighted by molar-refractivity contribution is 6.25. The molecular weight excluding hydrogens is 442 g/mol. The molecule has 1 aromatic heterocycles. The number of amides is 2.